The average Bonchev–Trinajstić information content (AvgIpc) is 2.78. The van der Waals surface area contributed by atoms with Crippen molar-refractivity contribution in [1.29, 1.82) is 0 Å². The highest BCUT2D eigenvalue weighted by Gasteiger charge is 2.13. The van der Waals surface area contributed by atoms with E-state index in [1.54, 1.807) is 25.3 Å². The van der Waals surface area contributed by atoms with E-state index in [4.69, 9.17) is 9.15 Å². The molecule has 0 saturated heterocycles. The van der Waals surface area contributed by atoms with Crippen LogP contribution < -0.4 is 5.32 Å². The lowest BCUT2D eigenvalue weighted by atomic mass is 10.4. The molecule has 18 heavy (non-hydrogen) atoms. The number of pyridine rings is 1. The molecule has 2 rings (SSSR count). The summed E-state index contributed by atoms with van der Waals surface area (Å²) in [4.78, 5) is 19.3. The van der Waals surface area contributed by atoms with E-state index in [0.29, 0.717) is 11.2 Å². The molecule has 2 aromatic heterocycles. The van der Waals surface area contributed by atoms with Crippen molar-refractivity contribution >= 4 is 33.6 Å². The smallest absolute Gasteiger partial charge is 0.376 e. The number of carbonyl (C=O) groups excluding carboxylic acids is 1. The van der Waals surface area contributed by atoms with Gasteiger partial charge in [0, 0.05) is 11.9 Å². The van der Waals surface area contributed by atoms with E-state index in [1.807, 2.05) is 0 Å². The Bertz CT molecular complexity index is 556. The lowest BCUT2D eigenvalue weighted by Gasteiger charge is -2.01. The molecule has 0 aliphatic rings. The van der Waals surface area contributed by atoms with Crippen LogP contribution in [0.4, 0.5) is 11.7 Å². The molecule has 94 valence electrons. The number of nitrogens with one attached hydrogen (secondary N) is 1. The maximum atomic E-state index is 11.4. The molecule has 0 amide bonds. The molecule has 0 aliphatic heterocycles. The van der Waals surface area contributed by atoms with Gasteiger partial charge in [-0.3, -0.25) is 0 Å². The van der Waals surface area contributed by atoms with Gasteiger partial charge in [0.25, 0.3) is 6.01 Å². The van der Waals surface area contributed by atoms with E-state index in [2.05, 4.69) is 31.2 Å². The Morgan fingerprint density at radius 1 is 1.56 bits per heavy atom. The van der Waals surface area contributed by atoms with Crippen molar-refractivity contribution in [2.24, 2.45) is 0 Å². The van der Waals surface area contributed by atoms with Gasteiger partial charge in [0.2, 0.25) is 5.76 Å². The summed E-state index contributed by atoms with van der Waals surface area (Å²) in [7, 11) is 0. The largest absolute Gasteiger partial charge is 0.460 e. The molecule has 7 heteroatoms. The van der Waals surface area contributed by atoms with Crippen LogP contribution in [0, 0.1) is 0 Å². The fourth-order valence-electron chi connectivity index (χ4n) is 1.23. The molecule has 0 unspecified atom stereocenters. The highest BCUT2D eigenvalue weighted by Crippen LogP contribution is 2.18. The zero-order chi connectivity index (χ0) is 13.0. The van der Waals surface area contributed by atoms with Crippen LogP contribution in [0.3, 0.4) is 0 Å². The van der Waals surface area contributed by atoms with Crippen LogP contribution in [0.5, 0.6) is 0 Å². The van der Waals surface area contributed by atoms with Crippen molar-refractivity contribution in [1.82, 2.24) is 9.97 Å². The van der Waals surface area contributed by atoms with Crippen molar-refractivity contribution in [2.45, 2.75) is 6.92 Å². The lowest BCUT2D eigenvalue weighted by molar-refractivity contribution is 0.0491. The van der Waals surface area contributed by atoms with Gasteiger partial charge in [0.15, 0.2) is 0 Å². The van der Waals surface area contributed by atoms with E-state index >= 15 is 0 Å². The van der Waals surface area contributed by atoms with Gasteiger partial charge in [0.1, 0.15) is 4.60 Å². The minimum absolute atomic E-state index is 0.0625. The van der Waals surface area contributed by atoms with E-state index in [0.717, 1.165) is 5.69 Å². The second-order valence-corrected chi connectivity index (χ2v) is 4.05. The van der Waals surface area contributed by atoms with Crippen LogP contribution in [0.25, 0.3) is 0 Å². The summed E-state index contributed by atoms with van der Waals surface area (Å²) in [6, 6.07) is 3.73. The van der Waals surface area contributed by atoms with Gasteiger partial charge in [-0.15, -0.1) is 0 Å². The monoisotopic (exact) mass is 311 g/mol. The number of anilines is 2. The molecule has 0 bridgehead atoms. The van der Waals surface area contributed by atoms with Crippen LogP contribution in [0.2, 0.25) is 0 Å². The van der Waals surface area contributed by atoms with Gasteiger partial charge >= 0.3 is 5.97 Å². The number of rotatable bonds is 4. The standard InChI is InChI=1S/C11H10BrN3O3/c1-2-17-10(16)8-6-14-11(18-8)15-7-3-4-13-9(12)5-7/h3-6H,2H2,1H3,(H,13,14,15). The molecule has 2 aromatic rings. The Labute approximate surface area is 112 Å². The number of oxazole rings is 1. The molecule has 0 aromatic carbocycles. The van der Waals surface area contributed by atoms with Crippen molar-refractivity contribution in [3.8, 4) is 0 Å². The number of hydrogen-bond donors (Lipinski definition) is 1. The number of nitrogens with zero attached hydrogens (tertiary/aromatic N) is 2. The molecule has 0 saturated carbocycles. The summed E-state index contributed by atoms with van der Waals surface area (Å²) in [5.41, 5.74) is 0.745. The Kier molecular flexibility index (Phi) is 3.93. The summed E-state index contributed by atoms with van der Waals surface area (Å²) in [5.74, 6) is -0.471. The van der Waals surface area contributed by atoms with Crippen LogP contribution in [-0.2, 0) is 4.74 Å². The van der Waals surface area contributed by atoms with Crippen LogP contribution in [-0.4, -0.2) is 22.5 Å². The summed E-state index contributed by atoms with van der Waals surface area (Å²) in [5, 5.41) is 2.91. The van der Waals surface area contributed by atoms with Crippen molar-refractivity contribution in [3.05, 3.63) is 34.9 Å². The molecule has 0 aliphatic carbocycles. The lowest BCUT2D eigenvalue weighted by Crippen LogP contribution is -2.02. The molecular weight excluding hydrogens is 302 g/mol. The summed E-state index contributed by atoms with van der Waals surface area (Å²) in [6.07, 6.45) is 2.94. The SMILES string of the molecule is CCOC(=O)c1cnc(Nc2ccnc(Br)c2)o1. The first-order valence-corrected chi connectivity index (χ1v) is 6.00. The first-order valence-electron chi connectivity index (χ1n) is 5.20. The predicted octanol–water partition coefficient (Wildman–Crippen LogP) is 2.75. The Balaban J connectivity index is 2.09. The molecule has 0 atom stereocenters. The summed E-state index contributed by atoms with van der Waals surface area (Å²) < 4.78 is 10.7. The topological polar surface area (TPSA) is 77.2 Å². The molecular formula is C11H10BrN3O3. The Morgan fingerprint density at radius 2 is 2.39 bits per heavy atom. The number of hydrogen-bond acceptors (Lipinski definition) is 6. The molecule has 0 fully saturated rings. The number of carbonyl (C=O) groups is 1. The minimum atomic E-state index is -0.533. The van der Waals surface area contributed by atoms with Gasteiger partial charge in [-0.1, -0.05) is 0 Å². The van der Waals surface area contributed by atoms with Crippen molar-refractivity contribution in [3.63, 3.8) is 0 Å². The second-order valence-electron chi connectivity index (χ2n) is 3.24. The van der Waals surface area contributed by atoms with Gasteiger partial charge in [-0.2, -0.15) is 0 Å². The normalized spacial score (nSPS) is 10.1. The first-order chi connectivity index (χ1) is 8.69. The number of aromatic nitrogens is 2. The molecule has 6 nitrogen and oxygen atoms in total. The van der Waals surface area contributed by atoms with Gasteiger partial charge in [-0.25, -0.2) is 14.8 Å². The van der Waals surface area contributed by atoms with Crippen LogP contribution >= 0.6 is 15.9 Å². The van der Waals surface area contributed by atoms with Gasteiger partial charge in [-0.05, 0) is 35.0 Å². The third-order valence-corrected chi connectivity index (χ3v) is 2.39. The maximum absolute atomic E-state index is 11.4. The first kappa shape index (κ1) is 12.6. The zero-order valence-corrected chi connectivity index (χ0v) is 11.1. The molecule has 1 N–H and O–H groups in total. The molecule has 0 radical (unpaired) electrons. The van der Waals surface area contributed by atoms with E-state index in [1.165, 1.54) is 6.20 Å². The predicted molar refractivity (Wildman–Crippen MR) is 67.7 cm³/mol. The third kappa shape index (κ3) is 3.07. The maximum Gasteiger partial charge on any atom is 0.376 e. The Hall–Kier alpha value is -1.89. The fourth-order valence-corrected chi connectivity index (χ4v) is 1.60. The minimum Gasteiger partial charge on any atom is -0.460 e. The van der Waals surface area contributed by atoms with Crippen molar-refractivity contribution < 1.29 is 13.9 Å². The molecule has 0 spiro atoms. The third-order valence-electron chi connectivity index (χ3n) is 1.96. The van der Waals surface area contributed by atoms with E-state index < -0.39 is 5.97 Å². The van der Waals surface area contributed by atoms with Crippen LogP contribution in [0.1, 0.15) is 17.5 Å². The average molecular weight is 312 g/mol. The van der Waals surface area contributed by atoms with Crippen molar-refractivity contribution in [2.75, 3.05) is 11.9 Å². The molecule has 2 heterocycles. The van der Waals surface area contributed by atoms with E-state index in [9.17, 15) is 4.79 Å². The fraction of sp³-hybridized carbons (Fsp3) is 0.182. The number of ether oxygens (including phenoxy) is 1. The van der Waals surface area contributed by atoms with Crippen LogP contribution in [0.15, 0.2) is 33.5 Å². The Morgan fingerprint density at radius 3 is 3.11 bits per heavy atom. The number of halogens is 1. The summed E-state index contributed by atoms with van der Waals surface area (Å²) >= 11 is 3.25. The van der Waals surface area contributed by atoms with E-state index in [-0.39, 0.29) is 11.8 Å². The quantitative estimate of drug-likeness (QED) is 0.691. The zero-order valence-electron chi connectivity index (χ0n) is 9.51. The number of esters is 1. The second kappa shape index (κ2) is 5.63. The highest BCUT2D eigenvalue weighted by molar-refractivity contribution is 9.10. The van der Waals surface area contributed by atoms with Gasteiger partial charge < -0.3 is 14.5 Å². The van der Waals surface area contributed by atoms with Gasteiger partial charge in [0.05, 0.1) is 12.8 Å². The summed E-state index contributed by atoms with van der Waals surface area (Å²) in [6.45, 7) is 2.02. The highest BCUT2D eigenvalue weighted by atomic mass is 79.9.